The Balaban J connectivity index is 1.21. The summed E-state index contributed by atoms with van der Waals surface area (Å²) in [5, 5.41) is 2.82. The number of urea groups is 1. The summed E-state index contributed by atoms with van der Waals surface area (Å²) in [6.07, 6.45) is -0.297. The molecule has 0 spiro atoms. The molecule has 10 nitrogen and oxygen atoms in total. The first-order valence-corrected chi connectivity index (χ1v) is 13.0. The van der Waals surface area contributed by atoms with Crippen molar-refractivity contribution in [1.29, 1.82) is 0 Å². The van der Waals surface area contributed by atoms with Crippen LogP contribution in [0.4, 0.5) is 28.4 Å². The number of hydrogen-bond donors (Lipinski definition) is 2. The lowest BCUT2D eigenvalue weighted by atomic mass is 10.00. The third kappa shape index (κ3) is 5.37. The molecule has 3 aliphatic heterocycles. The van der Waals surface area contributed by atoms with Gasteiger partial charge in [-0.1, -0.05) is 6.07 Å². The monoisotopic (exact) mass is 561 g/mol. The molecule has 3 atom stereocenters. The Morgan fingerprint density at radius 3 is 2.45 bits per heavy atom. The highest BCUT2D eigenvalue weighted by molar-refractivity contribution is 5.97. The maximum absolute atomic E-state index is 13.9. The van der Waals surface area contributed by atoms with Gasteiger partial charge in [-0.3, -0.25) is 9.69 Å². The van der Waals surface area contributed by atoms with Crippen LogP contribution in [0, 0.1) is 17.5 Å². The van der Waals surface area contributed by atoms with Gasteiger partial charge in [-0.25, -0.2) is 27.7 Å². The minimum absolute atomic E-state index is 0.00120. The van der Waals surface area contributed by atoms with E-state index in [1.165, 1.54) is 25.3 Å². The molecule has 2 aromatic carbocycles. The highest BCUT2D eigenvalue weighted by atomic mass is 19.2. The Kier molecular flexibility index (Phi) is 7.74. The molecule has 214 valence electrons. The Morgan fingerprint density at radius 1 is 1.02 bits per heavy atom. The Labute approximate surface area is 228 Å². The van der Waals surface area contributed by atoms with Gasteiger partial charge in [0.2, 0.25) is 6.10 Å². The van der Waals surface area contributed by atoms with Crippen molar-refractivity contribution in [2.24, 2.45) is 5.73 Å². The van der Waals surface area contributed by atoms with E-state index in [4.69, 9.17) is 15.2 Å². The molecule has 13 heteroatoms. The lowest BCUT2D eigenvalue weighted by Crippen LogP contribution is -2.49. The zero-order valence-electron chi connectivity index (χ0n) is 21.8. The number of cyclic esters (lactones) is 1. The van der Waals surface area contributed by atoms with Crippen molar-refractivity contribution in [3.63, 3.8) is 0 Å². The van der Waals surface area contributed by atoms with Crippen molar-refractivity contribution in [3.05, 3.63) is 59.4 Å². The first-order valence-electron chi connectivity index (χ1n) is 13.0. The summed E-state index contributed by atoms with van der Waals surface area (Å²) in [5.74, 6) is -3.20. The van der Waals surface area contributed by atoms with Crippen LogP contribution in [-0.2, 0) is 9.53 Å². The molecular weight excluding hydrogens is 531 g/mol. The average Bonchev–Trinajstić information content (AvgIpc) is 3.54. The highest BCUT2D eigenvalue weighted by Gasteiger charge is 2.50. The Morgan fingerprint density at radius 2 is 1.77 bits per heavy atom. The number of likely N-dealkylation sites (tertiary alicyclic amines) is 1. The molecule has 3 aliphatic rings. The van der Waals surface area contributed by atoms with E-state index in [-0.39, 0.29) is 23.5 Å². The van der Waals surface area contributed by atoms with Gasteiger partial charge in [-0.05, 0) is 49.1 Å². The van der Waals surface area contributed by atoms with Crippen molar-refractivity contribution in [2.45, 2.75) is 43.5 Å². The molecule has 0 radical (unpaired) electrons. The van der Waals surface area contributed by atoms with Crippen LogP contribution in [0.2, 0.25) is 0 Å². The number of carbonyl (C=O) groups is 3. The standard InChI is InChI=1S/C27H30F3N5O5/c1-39-22-13-16(28)3-5-21(22)33-10-7-18(8-11-33)34-9-6-17(14-34)32-26(37)35-23(24(25(31)36)40-27(35)38)15-2-4-19(29)20(30)12-15/h2-5,12-13,17-18,23-24H,6-11,14H2,1H3,(H2,31,36)(H,32,37). The lowest BCUT2D eigenvalue weighted by Gasteiger charge is -2.38. The van der Waals surface area contributed by atoms with Gasteiger partial charge in [0.15, 0.2) is 11.6 Å². The summed E-state index contributed by atoms with van der Waals surface area (Å²) in [5.41, 5.74) is 6.22. The van der Waals surface area contributed by atoms with E-state index in [2.05, 4.69) is 15.1 Å². The van der Waals surface area contributed by atoms with Crippen LogP contribution in [-0.4, -0.2) is 79.3 Å². The van der Waals surface area contributed by atoms with E-state index in [1.54, 1.807) is 6.07 Å². The molecule has 3 fully saturated rings. The Hall–Kier alpha value is -4.00. The van der Waals surface area contributed by atoms with Crippen LogP contribution >= 0.6 is 0 Å². The van der Waals surface area contributed by atoms with E-state index < -0.39 is 41.8 Å². The summed E-state index contributed by atoms with van der Waals surface area (Å²) in [7, 11) is 1.51. The van der Waals surface area contributed by atoms with E-state index >= 15 is 0 Å². The maximum atomic E-state index is 13.9. The van der Waals surface area contributed by atoms with E-state index in [0.29, 0.717) is 23.6 Å². The number of benzene rings is 2. The fourth-order valence-electron chi connectivity index (χ4n) is 5.79. The van der Waals surface area contributed by atoms with Gasteiger partial charge in [-0.2, -0.15) is 0 Å². The summed E-state index contributed by atoms with van der Waals surface area (Å²) >= 11 is 0. The van der Waals surface area contributed by atoms with Crippen molar-refractivity contribution in [1.82, 2.24) is 15.1 Å². The van der Waals surface area contributed by atoms with E-state index in [1.807, 2.05) is 0 Å². The summed E-state index contributed by atoms with van der Waals surface area (Å²) in [6.45, 7) is 2.79. The van der Waals surface area contributed by atoms with Gasteiger partial charge < -0.3 is 25.4 Å². The van der Waals surface area contributed by atoms with Crippen LogP contribution in [0.5, 0.6) is 5.75 Å². The number of ether oxygens (including phenoxy) is 2. The van der Waals surface area contributed by atoms with E-state index in [0.717, 1.165) is 50.3 Å². The molecule has 3 unspecified atom stereocenters. The third-order valence-corrected chi connectivity index (χ3v) is 7.78. The normalized spacial score (nSPS) is 23.8. The zero-order valence-corrected chi connectivity index (χ0v) is 21.8. The number of halogens is 3. The minimum atomic E-state index is -1.55. The number of piperidine rings is 1. The van der Waals surface area contributed by atoms with Crippen LogP contribution in [0.25, 0.3) is 0 Å². The number of primary amides is 1. The molecule has 2 aromatic rings. The molecular formula is C27H30F3N5O5. The molecule has 40 heavy (non-hydrogen) atoms. The second-order valence-electron chi connectivity index (χ2n) is 10.2. The van der Waals surface area contributed by atoms with Crippen molar-refractivity contribution < 1.29 is 37.0 Å². The number of amides is 4. The summed E-state index contributed by atoms with van der Waals surface area (Å²) < 4.78 is 51.4. The predicted octanol–water partition coefficient (Wildman–Crippen LogP) is 2.91. The quantitative estimate of drug-likeness (QED) is 0.557. The maximum Gasteiger partial charge on any atom is 0.419 e. The van der Waals surface area contributed by atoms with Gasteiger partial charge in [0.05, 0.1) is 12.8 Å². The first-order chi connectivity index (χ1) is 19.2. The number of anilines is 1. The molecule has 3 N–H and O–H groups in total. The van der Waals surface area contributed by atoms with Gasteiger partial charge in [-0.15, -0.1) is 0 Å². The second kappa shape index (κ2) is 11.2. The molecule has 4 amide bonds. The Bertz CT molecular complexity index is 1310. The van der Waals surface area contributed by atoms with Crippen molar-refractivity contribution in [3.8, 4) is 5.75 Å². The van der Waals surface area contributed by atoms with Crippen molar-refractivity contribution in [2.75, 3.05) is 38.2 Å². The number of methoxy groups -OCH3 is 1. The molecule has 3 saturated heterocycles. The number of nitrogens with zero attached hydrogens (tertiary/aromatic N) is 3. The van der Waals surface area contributed by atoms with Crippen molar-refractivity contribution >= 4 is 23.7 Å². The SMILES string of the molecule is COc1cc(F)ccc1N1CCC(N2CCC(NC(=O)N3C(=O)OC(C(N)=O)C3c3ccc(F)c(F)c3)C2)CC1. The van der Waals surface area contributed by atoms with Gasteiger partial charge in [0.1, 0.15) is 17.6 Å². The second-order valence-corrected chi connectivity index (χ2v) is 10.2. The largest absolute Gasteiger partial charge is 0.494 e. The number of nitrogens with one attached hydrogen (secondary N) is 1. The highest BCUT2D eigenvalue weighted by Crippen LogP contribution is 2.35. The smallest absolute Gasteiger partial charge is 0.419 e. The average molecular weight is 562 g/mol. The fraction of sp³-hybridized carbons (Fsp3) is 0.444. The topological polar surface area (TPSA) is 117 Å². The number of imide groups is 1. The van der Waals surface area contributed by atoms with Crippen LogP contribution in [0.15, 0.2) is 36.4 Å². The molecule has 0 saturated carbocycles. The van der Waals surface area contributed by atoms with Crippen LogP contribution in [0.3, 0.4) is 0 Å². The first kappa shape index (κ1) is 27.6. The summed E-state index contributed by atoms with van der Waals surface area (Å²) in [4.78, 5) is 42.9. The zero-order chi connectivity index (χ0) is 28.6. The predicted molar refractivity (Wildman–Crippen MR) is 137 cm³/mol. The van der Waals surface area contributed by atoms with Crippen LogP contribution < -0.4 is 20.7 Å². The molecule has 3 heterocycles. The molecule has 0 aromatic heterocycles. The fourth-order valence-corrected chi connectivity index (χ4v) is 5.79. The molecule has 5 rings (SSSR count). The van der Waals surface area contributed by atoms with Gasteiger partial charge in [0, 0.05) is 44.3 Å². The van der Waals surface area contributed by atoms with Gasteiger partial charge >= 0.3 is 12.1 Å². The van der Waals surface area contributed by atoms with Gasteiger partial charge in [0.25, 0.3) is 5.91 Å². The van der Waals surface area contributed by atoms with E-state index in [9.17, 15) is 27.6 Å². The molecule has 0 aliphatic carbocycles. The lowest BCUT2D eigenvalue weighted by molar-refractivity contribution is -0.125. The van der Waals surface area contributed by atoms with Crippen LogP contribution in [0.1, 0.15) is 30.9 Å². The minimum Gasteiger partial charge on any atom is -0.494 e. The molecule has 0 bridgehead atoms. The number of nitrogens with two attached hydrogens (primary N) is 1. The number of carbonyl (C=O) groups excluding carboxylic acids is 3. The third-order valence-electron chi connectivity index (χ3n) is 7.78. The number of rotatable bonds is 6. The summed E-state index contributed by atoms with van der Waals surface area (Å²) in [6, 6.07) is 5.16. The number of hydrogen-bond acceptors (Lipinski definition) is 7.